The van der Waals surface area contributed by atoms with E-state index in [4.69, 9.17) is 5.73 Å². The molecule has 0 aliphatic rings. The Bertz CT molecular complexity index is 585. The van der Waals surface area contributed by atoms with Crippen molar-refractivity contribution in [3.8, 4) is 0 Å². The molecule has 0 aromatic carbocycles. The second kappa shape index (κ2) is 5.81. The first-order chi connectivity index (χ1) is 8.56. The standard InChI is InChI=1S/C11H9Br2N3OS/c12-6-3-8(10(14)15-4-6)11(17)16-5-7-1-2-9(13)18-7/h1-4H,5H2,(H2,14,15)(H,16,17). The number of carbonyl (C=O) groups is 1. The van der Waals surface area contributed by atoms with Crippen LogP contribution in [0.3, 0.4) is 0 Å². The Morgan fingerprint density at radius 2 is 2.22 bits per heavy atom. The molecule has 0 unspecified atom stereocenters. The minimum atomic E-state index is -0.231. The van der Waals surface area contributed by atoms with Crippen LogP contribution in [0.15, 0.2) is 32.7 Å². The Hall–Kier alpha value is -0.920. The van der Waals surface area contributed by atoms with Crippen LogP contribution in [0.2, 0.25) is 0 Å². The van der Waals surface area contributed by atoms with Gasteiger partial charge >= 0.3 is 0 Å². The molecule has 2 aromatic heterocycles. The lowest BCUT2D eigenvalue weighted by Gasteiger charge is -2.06. The first kappa shape index (κ1) is 13.5. The fourth-order valence-corrected chi connectivity index (χ4v) is 3.10. The molecule has 1 amide bonds. The van der Waals surface area contributed by atoms with E-state index in [1.165, 1.54) is 0 Å². The Morgan fingerprint density at radius 1 is 1.44 bits per heavy atom. The summed E-state index contributed by atoms with van der Waals surface area (Å²) in [4.78, 5) is 16.9. The molecule has 0 atom stereocenters. The topological polar surface area (TPSA) is 68.0 Å². The van der Waals surface area contributed by atoms with Crippen molar-refractivity contribution in [2.45, 2.75) is 6.54 Å². The molecule has 0 aliphatic carbocycles. The molecular formula is C11H9Br2N3OS. The molecule has 18 heavy (non-hydrogen) atoms. The van der Waals surface area contributed by atoms with E-state index in [-0.39, 0.29) is 11.7 Å². The van der Waals surface area contributed by atoms with Crippen molar-refractivity contribution in [2.75, 3.05) is 5.73 Å². The second-order valence-electron chi connectivity index (χ2n) is 3.47. The summed E-state index contributed by atoms with van der Waals surface area (Å²) in [5, 5.41) is 2.81. The van der Waals surface area contributed by atoms with Crippen molar-refractivity contribution in [1.29, 1.82) is 0 Å². The van der Waals surface area contributed by atoms with Crippen LogP contribution in [-0.4, -0.2) is 10.9 Å². The summed E-state index contributed by atoms with van der Waals surface area (Å²) < 4.78 is 1.76. The largest absolute Gasteiger partial charge is 0.383 e. The van der Waals surface area contributed by atoms with Crippen molar-refractivity contribution >= 4 is 54.9 Å². The third-order valence-electron chi connectivity index (χ3n) is 2.18. The van der Waals surface area contributed by atoms with Crippen LogP contribution in [0.1, 0.15) is 15.2 Å². The zero-order valence-corrected chi connectivity index (χ0v) is 13.1. The molecule has 3 N–H and O–H groups in total. The van der Waals surface area contributed by atoms with Gasteiger partial charge in [0.05, 0.1) is 15.9 Å². The van der Waals surface area contributed by atoms with Gasteiger partial charge < -0.3 is 11.1 Å². The van der Waals surface area contributed by atoms with Gasteiger partial charge in [-0.1, -0.05) is 0 Å². The lowest BCUT2D eigenvalue weighted by Crippen LogP contribution is -2.23. The molecule has 94 valence electrons. The molecule has 7 heteroatoms. The monoisotopic (exact) mass is 389 g/mol. The zero-order chi connectivity index (χ0) is 13.1. The maximum Gasteiger partial charge on any atom is 0.255 e. The van der Waals surface area contributed by atoms with Gasteiger partial charge in [-0.3, -0.25) is 4.79 Å². The lowest BCUT2D eigenvalue weighted by atomic mass is 10.2. The lowest BCUT2D eigenvalue weighted by molar-refractivity contribution is 0.0952. The van der Waals surface area contributed by atoms with E-state index < -0.39 is 0 Å². The minimum absolute atomic E-state index is 0.225. The molecule has 0 saturated carbocycles. The molecule has 0 aliphatic heterocycles. The third-order valence-corrected chi connectivity index (χ3v) is 4.24. The molecule has 4 nitrogen and oxygen atoms in total. The van der Waals surface area contributed by atoms with Gasteiger partial charge in [-0.15, -0.1) is 11.3 Å². The summed E-state index contributed by atoms with van der Waals surface area (Å²) >= 11 is 8.21. The fraction of sp³-hybridized carbons (Fsp3) is 0.0909. The van der Waals surface area contributed by atoms with Gasteiger partial charge in [-0.05, 0) is 50.1 Å². The normalized spacial score (nSPS) is 10.3. The molecule has 2 rings (SSSR count). The van der Waals surface area contributed by atoms with Crippen molar-refractivity contribution < 1.29 is 4.79 Å². The number of hydrogen-bond acceptors (Lipinski definition) is 4. The van der Waals surface area contributed by atoms with E-state index in [0.29, 0.717) is 12.1 Å². The van der Waals surface area contributed by atoms with E-state index in [1.54, 1.807) is 23.6 Å². The molecule has 0 radical (unpaired) electrons. The predicted octanol–water partition coefficient (Wildman–Crippen LogP) is 3.18. The summed E-state index contributed by atoms with van der Waals surface area (Å²) in [6, 6.07) is 5.56. The Kier molecular flexibility index (Phi) is 4.36. The number of nitrogens with zero attached hydrogens (tertiary/aromatic N) is 1. The molecule has 0 spiro atoms. The van der Waals surface area contributed by atoms with Crippen LogP contribution in [-0.2, 0) is 6.54 Å². The van der Waals surface area contributed by atoms with Gasteiger partial charge in [0, 0.05) is 15.5 Å². The highest BCUT2D eigenvalue weighted by Crippen LogP contribution is 2.22. The maximum atomic E-state index is 11.9. The number of aromatic nitrogens is 1. The van der Waals surface area contributed by atoms with Gasteiger partial charge in [0.1, 0.15) is 5.82 Å². The van der Waals surface area contributed by atoms with Gasteiger partial charge in [0.25, 0.3) is 5.91 Å². The number of carbonyl (C=O) groups excluding carboxylic acids is 1. The number of nitrogen functional groups attached to an aromatic ring is 1. The first-order valence-electron chi connectivity index (χ1n) is 4.99. The molecule has 0 saturated heterocycles. The fourth-order valence-electron chi connectivity index (χ4n) is 1.34. The highest BCUT2D eigenvalue weighted by Gasteiger charge is 2.11. The van der Waals surface area contributed by atoms with Crippen molar-refractivity contribution in [1.82, 2.24) is 10.3 Å². The maximum absolute atomic E-state index is 11.9. The number of anilines is 1. The number of nitrogens with one attached hydrogen (secondary N) is 1. The summed E-state index contributed by atoms with van der Waals surface area (Å²) in [6.07, 6.45) is 1.56. The Labute approximate surface area is 125 Å². The quantitative estimate of drug-likeness (QED) is 0.845. The molecule has 0 fully saturated rings. The van der Waals surface area contributed by atoms with Crippen molar-refractivity contribution in [3.63, 3.8) is 0 Å². The van der Waals surface area contributed by atoms with Crippen LogP contribution in [0.25, 0.3) is 0 Å². The second-order valence-corrected chi connectivity index (χ2v) is 6.94. The van der Waals surface area contributed by atoms with E-state index in [9.17, 15) is 4.79 Å². The van der Waals surface area contributed by atoms with Crippen LogP contribution in [0.4, 0.5) is 5.82 Å². The summed E-state index contributed by atoms with van der Waals surface area (Å²) in [5.74, 6) is -0.00566. The minimum Gasteiger partial charge on any atom is -0.383 e. The van der Waals surface area contributed by atoms with E-state index in [2.05, 4.69) is 42.2 Å². The highest BCUT2D eigenvalue weighted by atomic mass is 79.9. The van der Waals surface area contributed by atoms with Crippen LogP contribution in [0, 0.1) is 0 Å². The zero-order valence-electron chi connectivity index (χ0n) is 9.11. The third kappa shape index (κ3) is 3.30. The number of halogens is 2. The first-order valence-corrected chi connectivity index (χ1v) is 7.40. The van der Waals surface area contributed by atoms with Gasteiger partial charge in [-0.25, -0.2) is 4.98 Å². The summed E-state index contributed by atoms with van der Waals surface area (Å²) in [7, 11) is 0. The number of amides is 1. The van der Waals surface area contributed by atoms with Crippen LogP contribution in [0.5, 0.6) is 0 Å². The van der Waals surface area contributed by atoms with E-state index in [0.717, 1.165) is 13.1 Å². The van der Waals surface area contributed by atoms with E-state index >= 15 is 0 Å². The van der Waals surface area contributed by atoms with Gasteiger partial charge in [-0.2, -0.15) is 0 Å². The molecular weight excluding hydrogens is 382 g/mol. The smallest absolute Gasteiger partial charge is 0.255 e. The van der Waals surface area contributed by atoms with Gasteiger partial charge in [0.15, 0.2) is 0 Å². The Balaban J connectivity index is 2.05. The number of rotatable bonds is 3. The average molecular weight is 391 g/mol. The number of pyridine rings is 1. The van der Waals surface area contributed by atoms with Crippen molar-refractivity contribution in [2.24, 2.45) is 0 Å². The average Bonchev–Trinajstić information content (AvgIpc) is 2.75. The number of thiophene rings is 1. The molecule has 2 aromatic rings. The molecule has 2 heterocycles. The molecule has 0 bridgehead atoms. The Morgan fingerprint density at radius 3 is 2.89 bits per heavy atom. The van der Waals surface area contributed by atoms with E-state index in [1.807, 2.05) is 12.1 Å². The predicted molar refractivity (Wildman–Crippen MR) is 79.5 cm³/mol. The summed E-state index contributed by atoms with van der Waals surface area (Å²) in [6.45, 7) is 0.473. The SMILES string of the molecule is Nc1ncc(Br)cc1C(=O)NCc1ccc(Br)s1. The van der Waals surface area contributed by atoms with Crippen LogP contribution < -0.4 is 11.1 Å². The van der Waals surface area contributed by atoms with Crippen LogP contribution >= 0.6 is 43.2 Å². The highest BCUT2D eigenvalue weighted by molar-refractivity contribution is 9.11. The number of nitrogens with two attached hydrogens (primary N) is 1. The summed E-state index contributed by atoms with van der Waals surface area (Å²) in [5.41, 5.74) is 6.04. The van der Waals surface area contributed by atoms with Gasteiger partial charge in [0.2, 0.25) is 0 Å². The van der Waals surface area contributed by atoms with Crippen molar-refractivity contribution in [3.05, 3.63) is 43.1 Å². The number of hydrogen-bond donors (Lipinski definition) is 2.